The second kappa shape index (κ2) is 5.96. The molecule has 1 aromatic carbocycles. The van der Waals surface area contributed by atoms with E-state index < -0.39 is 0 Å². The first-order valence-electron chi connectivity index (χ1n) is 7.89. The predicted molar refractivity (Wildman–Crippen MR) is 81.4 cm³/mol. The Kier molecular flexibility index (Phi) is 4.07. The van der Waals surface area contributed by atoms with Crippen molar-refractivity contribution >= 4 is 5.69 Å². The minimum atomic E-state index is 0.682. The molecule has 2 atom stereocenters. The van der Waals surface area contributed by atoms with Crippen LogP contribution in [-0.2, 0) is 6.54 Å². The van der Waals surface area contributed by atoms with Crippen LogP contribution in [0.1, 0.15) is 44.6 Å². The van der Waals surface area contributed by atoms with Crippen LogP contribution < -0.4 is 5.32 Å². The highest BCUT2D eigenvalue weighted by Crippen LogP contribution is 2.28. The zero-order valence-corrected chi connectivity index (χ0v) is 12.1. The number of nitrogens with one attached hydrogen (secondary N) is 1. The van der Waals surface area contributed by atoms with Gasteiger partial charge in [0.25, 0.3) is 0 Å². The van der Waals surface area contributed by atoms with Gasteiger partial charge in [0, 0.05) is 18.3 Å². The number of rotatable bonds is 4. The number of likely N-dealkylation sites (tertiary alicyclic amines) is 1. The molecule has 1 heterocycles. The summed E-state index contributed by atoms with van der Waals surface area (Å²) in [5.41, 5.74) is 2.77. The van der Waals surface area contributed by atoms with Crippen molar-refractivity contribution in [3.8, 4) is 0 Å². The van der Waals surface area contributed by atoms with Gasteiger partial charge in [-0.05, 0) is 62.4 Å². The molecule has 0 spiro atoms. The Hall–Kier alpha value is -1.02. The number of anilines is 1. The van der Waals surface area contributed by atoms with E-state index in [1.165, 1.54) is 56.4 Å². The fourth-order valence-electron chi connectivity index (χ4n) is 3.53. The summed E-state index contributed by atoms with van der Waals surface area (Å²) >= 11 is 0. The minimum Gasteiger partial charge on any atom is -0.382 e. The molecule has 2 heteroatoms. The lowest BCUT2D eigenvalue weighted by atomic mass is 10.1. The monoisotopic (exact) mass is 258 g/mol. The van der Waals surface area contributed by atoms with Gasteiger partial charge in [-0.3, -0.25) is 4.90 Å². The Balaban J connectivity index is 1.62. The Morgan fingerprint density at radius 1 is 1.16 bits per heavy atom. The van der Waals surface area contributed by atoms with Gasteiger partial charge in [0.1, 0.15) is 0 Å². The molecule has 104 valence electrons. The molecule has 1 saturated carbocycles. The lowest BCUT2D eigenvalue weighted by Crippen LogP contribution is -2.22. The lowest BCUT2D eigenvalue weighted by molar-refractivity contribution is 0.331. The van der Waals surface area contributed by atoms with Crippen molar-refractivity contribution in [2.75, 3.05) is 18.4 Å². The van der Waals surface area contributed by atoms with Gasteiger partial charge in [0.2, 0.25) is 0 Å². The summed E-state index contributed by atoms with van der Waals surface area (Å²) in [5.74, 6) is 0.822. The topological polar surface area (TPSA) is 15.3 Å². The fourth-order valence-corrected chi connectivity index (χ4v) is 3.53. The maximum absolute atomic E-state index is 3.74. The fraction of sp³-hybridized carbons (Fsp3) is 0.647. The highest BCUT2D eigenvalue weighted by atomic mass is 15.1. The van der Waals surface area contributed by atoms with E-state index >= 15 is 0 Å². The van der Waals surface area contributed by atoms with Crippen LogP contribution >= 0.6 is 0 Å². The standard InChI is InChI=1S/C17H26N2/c1-14-6-4-9-17(14)18-16-8-5-7-15(12-16)13-19-10-2-3-11-19/h5,7-8,12,14,17-18H,2-4,6,9-11,13H2,1H3. The Morgan fingerprint density at radius 3 is 2.74 bits per heavy atom. The average Bonchev–Trinajstić information content (AvgIpc) is 3.03. The predicted octanol–water partition coefficient (Wildman–Crippen LogP) is 3.88. The van der Waals surface area contributed by atoms with Crippen LogP contribution in [0.15, 0.2) is 24.3 Å². The summed E-state index contributed by atoms with van der Waals surface area (Å²) in [5, 5.41) is 3.74. The van der Waals surface area contributed by atoms with Gasteiger partial charge >= 0.3 is 0 Å². The van der Waals surface area contributed by atoms with Crippen LogP contribution in [0.5, 0.6) is 0 Å². The molecule has 2 nitrogen and oxygen atoms in total. The molecule has 0 amide bonds. The summed E-state index contributed by atoms with van der Waals surface area (Å²) in [4.78, 5) is 2.57. The molecular formula is C17H26N2. The molecule has 0 bridgehead atoms. The maximum atomic E-state index is 3.74. The van der Waals surface area contributed by atoms with Crippen molar-refractivity contribution in [3.05, 3.63) is 29.8 Å². The van der Waals surface area contributed by atoms with Crippen LogP contribution in [-0.4, -0.2) is 24.0 Å². The van der Waals surface area contributed by atoms with E-state index in [1.807, 2.05) is 0 Å². The van der Waals surface area contributed by atoms with E-state index in [9.17, 15) is 0 Å². The molecule has 1 N–H and O–H groups in total. The van der Waals surface area contributed by atoms with E-state index in [0.29, 0.717) is 6.04 Å². The van der Waals surface area contributed by atoms with E-state index in [2.05, 4.69) is 41.4 Å². The molecule has 2 unspecified atom stereocenters. The van der Waals surface area contributed by atoms with Crippen LogP contribution in [0.4, 0.5) is 5.69 Å². The van der Waals surface area contributed by atoms with Crippen LogP contribution in [0.3, 0.4) is 0 Å². The third-order valence-electron chi connectivity index (χ3n) is 4.75. The lowest BCUT2D eigenvalue weighted by Gasteiger charge is -2.20. The molecule has 3 rings (SSSR count). The first-order valence-corrected chi connectivity index (χ1v) is 7.89. The zero-order valence-electron chi connectivity index (χ0n) is 12.1. The Labute approximate surface area is 117 Å². The van der Waals surface area contributed by atoms with E-state index in [4.69, 9.17) is 0 Å². The van der Waals surface area contributed by atoms with E-state index in [1.54, 1.807) is 0 Å². The van der Waals surface area contributed by atoms with E-state index in [-0.39, 0.29) is 0 Å². The summed E-state index contributed by atoms with van der Waals surface area (Å²) in [6.07, 6.45) is 6.84. The molecular weight excluding hydrogens is 232 g/mol. The van der Waals surface area contributed by atoms with Crippen molar-refractivity contribution in [2.45, 2.75) is 51.6 Å². The normalized spacial score (nSPS) is 27.8. The summed E-state index contributed by atoms with van der Waals surface area (Å²) in [7, 11) is 0. The molecule has 2 aliphatic rings. The van der Waals surface area contributed by atoms with Crippen molar-refractivity contribution in [1.29, 1.82) is 0 Å². The second-order valence-corrected chi connectivity index (χ2v) is 6.34. The molecule has 1 aliphatic heterocycles. The van der Waals surface area contributed by atoms with Crippen LogP contribution in [0, 0.1) is 5.92 Å². The third kappa shape index (κ3) is 3.30. The minimum absolute atomic E-state index is 0.682. The van der Waals surface area contributed by atoms with Crippen molar-refractivity contribution in [3.63, 3.8) is 0 Å². The second-order valence-electron chi connectivity index (χ2n) is 6.34. The number of hydrogen-bond donors (Lipinski definition) is 1. The summed E-state index contributed by atoms with van der Waals surface area (Å²) in [6.45, 7) is 6.04. The van der Waals surface area contributed by atoms with Gasteiger partial charge in [-0.15, -0.1) is 0 Å². The molecule has 19 heavy (non-hydrogen) atoms. The van der Waals surface area contributed by atoms with Crippen molar-refractivity contribution in [2.24, 2.45) is 5.92 Å². The van der Waals surface area contributed by atoms with Crippen molar-refractivity contribution < 1.29 is 0 Å². The SMILES string of the molecule is CC1CCCC1Nc1cccc(CN2CCCC2)c1. The van der Waals surface area contributed by atoms with Gasteiger partial charge in [-0.25, -0.2) is 0 Å². The molecule has 0 radical (unpaired) electrons. The molecule has 1 saturated heterocycles. The van der Waals surface area contributed by atoms with Crippen LogP contribution in [0.25, 0.3) is 0 Å². The summed E-state index contributed by atoms with van der Waals surface area (Å²) < 4.78 is 0. The molecule has 2 fully saturated rings. The third-order valence-corrected chi connectivity index (χ3v) is 4.75. The molecule has 0 aromatic heterocycles. The highest BCUT2D eigenvalue weighted by molar-refractivity contribution is 5.46. The maximum Gasteiger partial charge on any atom is 0.0345 e. The Bertz CT molecular complexity index is 409. The first kappa shape index (κ1) is 13.0. The van der Waals surface area contributed by atoms with Gasteiger partial charge in [0.05, 0.1) is 0 Å². The van der Waals surface area contributed by atoms with E-state index in [0.717, 1.165) is 12.5 Å². The quantitative estimate of drug-likeness (QED) is 0.881. The number of hydrogen-bond acceptors (Lipinski definition) is 2. The number of benzene rings is 1. The highest BCUT2D eigenvalue weighted by Gasteiger charge is 2.22. The number of nitrogens with zero attached hydrogens (tertiary/aromatic N) is 1. The average molecular weight is 258 g/mol. The van der Waals surface area contributed by atoms with Crippen molar-refractivity contribution in [1.82, 2.24) is 4.90 Å². The summed E-state index contributed by atoms with van der Waals surface area (Å²) in [6, 6.07) is 9.72. The largest absolute Gasteiger partial charge is 0.382 e. The van der Waals surface area contributed by atoms with Gasteiger partial charge in [-0.2, -0.15) is 0 Å². The van der Waals surface area contributed by atoms with Crippen LogP contribution in [0.2, 0.25) is 0 Å². The smallest absolute Gasteiger partial charge is 0.0345 e. The first-order chi connectivity index (χ1) is 9.31. The Morgan fingerprint density at radius 2 is 2.00 bits per heavy atom. The van der Waals surface area contributed by atoms with Gasteiger partial charge in [0.15, 0.2) is 0 Å². The van der Waals surface area contributed by atoms with Gasteiger partial charge in [-0.1, -0.05) is 25.5 Å². The molecule has 1 aromatic rings. The zero-order chi connectivity index (χ0) is 13.1. The molecule has 1 aliphatic carbocycles. The van der Waals surface area contributed by atoms with Gasteiger partial charge < -0.3 is 5.32 Å².